The summed E-state index contributed by atoms with van der Waals surface area (Å²) < 4.78 is 5.71. The summed E-state index contributed by atoms with van der Waals surface area (Å²) in [4.78, 5) is 0. The van der Waals surface area contributed by atoms with Crippen molar-refractivity contribution < 1.29 is 4.74 Å². The fourth-order valence-corrected chi connectivity index (χ4v) is 2.10. The van der Waals surface area contributed by atoms with E-state index < -0.39 is 0 Å². The Bertz CT molecular complexity index is 98.4. The summed E-state index contributed by atoms with van der Waals surface area (Å²) in [6.45, 7) is 4.07. The number of nitrogens with one attached hydrogen (secondary N) is 1. The van der Waals surface area contributed by atoms with E-state index in [4.69, 9.17) is 4.74 Å². The van der Waals surface area contributed by atoms with Crippen molar-refractivity contribution in [3.63, 3.8) is 0 Å². The van der Waals surface area contributed by atoms with Gasteiger partial charge in [0.15, 0.2) is 0 Å². The summed E-state index contributed by atoms with van der Waals surface area (Å²) in [6.07, 6.45) is 5.86. The molecule has 0 aliphatic heterocycles. The first kappa shape index (κ1) is 10.0. The topological polar surface area (TPSA) is 21.3 Å². The second-order valence-corrected chi connectivity index (χ2v) is 3.60. The molecule has 2 unspecified atom stereocenters. The molecule has 2 atom stereocenters. The van der Waals surface area contributed by atoms with Gasteiger partial charge >= 0.3 is 0 Å². The van der Waals surface area contributed by atoms with Crippen LogP contribution >= 0.6 is 0 Å². The van der Waals surface area contributed by atoms with Gasteiger partial charge in [0.25, 0.3) is 0 Å². The van der Waals surface area contributed by atoms with Gasteiger partial charge in [0.05, 0.1) is 6.10 Å². The van der Waals surface area contributed by atoms with Gasteiger partial charge in [-0.15, -0.1) is 0 Å². The third-order valence-electron chi connectivity index (χ3n) is 2.69. The number of ether oxygens (including phenoxy) is 1. The van der Waals surface area contributed by atoms with Crippen molar-refractivity contribution in [3.8, 4) is 0 Å². The average molecular weight is 171 g/mol. The molecule has 72 valence electrons. The lowest BCUT2D eigenvalue weighted by atomic mass is 9.86. The zero-order valence-corrected chi connectivity index (χ0v) is 8.31. The summed E-state index contributed by atoms with van der Waals surface area (Å²) in [5, 5.41) is 3.25. The highest BCUT2D eigenvalue weighted by Gasteiger charge is 2.24. The maximum Gasteiger partial charge on any atom is 0.0615 e. The summed E-state index contributed by atoms with van der Waals surface area (Å²) in [5.74, 6) is 0.753. The zero-order chi connectivity index (χ0) is 8.81. The Hall–Kier alpha value is -0.0800. The second-order valence-electron chi connectivity index (χ2n) is 3.60. The fraction of sp³-hybridized carbons (Fsp3) is 1.00. The Morgan fingerprint density at radius 3 is 2.75 bits per heavy atom. The zero-order valence-electron chi connectivity index (χ0n) is 8.31. The molecule has 1 fully saturated rings. The maximum atomic E-state index is 5.71. The normalized spacial score (nSPS) is 30.5. The van der Waals surface area contributed by atoms with Crippen LogP contribution in [0.15, 0.2) is 0 Å². The Morgan fingerprint density at radius 2 is 2.08 bits per heavy atom. The number of hydrogen-bond acceptors (Lipinski definition) is 2. The molecular weight excluding hydrogens is 150 g/mol. The van der Waals surface area contributed by atoms with Gasteiger partial charge in [-0.05, 0) is 32.7 Å². The van der Waals surface area contributed by atoms with Crippen molar-refractivity contribution in [1.82, 2.24) is 5.32 Å². The van der Waals surface area contributed by atoms with Gasteiger partial charge in [0, 0.05) is 13.2 Å². The summed E-state index contributed by atoms with van der Waals surface area (Å²) in [5.41, 5.74) is 0. The van der Waals surface area contributed by atoms with E-state index in [0.717, 1.165) is 19.1 Å². The van der Waals surface area contributed by atoms with Gasteiger partial charge in [-0.1, -0.05) is 12.8 Å². The average Bonchev–Trinajstić information content (AvgIpc) is 2.09. The smallest absolute Gasteiger partial charge is 0.0615 e. The first-order valence-electron chi connectivity index (χ1n) is 5.14. The fourth-order valence-electron chi connectivity index (χ4n) is 2.10. The van der Waals surface area contributed by atoms with Crippen LogP contribution in [0, 0.1) is 5.92 Å². The molecule has 2 heteroatoms. The minimum absolute atomic E-state index is 0.524. The first-order chi connectivity index (χ1) is 5.88. The van der Waals surface area contributed by atoms with Crippen LogP contribution < -0.4 is 5.32 Å². The molecule has 0 amide bonds. The molecule has 1 N–H and O–H groups in total. The maximum absolute atomic E-state index is 5.71. The van der Waals surface area contributed by atoms with Crippen LogP contribution in [0.1, 0.15) is 32.6 Å². The molecule has 0 bridgehead atoms. The molecule has 12 heavy (non-hydrogen) atoms. The van der Waals surface area contributed by atoms with Crippen molar-refractivity contribution in [2.24, 2.45) is 5.92 Å². The molecule has 0 aromatic carbocycles. The molecule has 0 spiro atoms. The van der Waals surface area contributed by atoms with Crippen LogP contribution in [0.5, 0.6) is 0 Å². The van der Waals surface area contributed by atoms with E-state index in [1.807, 2.05) is 7.05 Å². The van der Waals surface area contributed by atoms with Crippen molar-refractivity contribution in [3.05, 3.63) is 0 Å². The summed E-state index contributed by atoms with van der Waals surface area (Å²) >= 11 is 0. The lowest BCUT2D eigenvalue weighted by molar-refractivity contribution is -0.00318. The Labute approximate surface area is 75.7 Å². The highest BCUT2D eigenvalue weighted by molar-refractivity contribution is 4.77. The van der Waals surface area contributed by atoms with E-state index >= 15 is 0 Å². The van der Waals surface area contributed by atoms with Gasteiger partial charge in [-0.25, -0.2) is 0 Å². The van der Waals surface area contributed by atoms with E-state index in [1.54, 1.807) is 0 Å². The van der Waals surface area contributed by atoms with E-state index in [2.05, 4.69) is 12.2 Å². The van der Waals surface area contributed by atoms with Gasteiger partial charge < -0.3 is 10.1 Å². The van der Waals surface area contributed by atoms with Gasteiger partial charge in [-0.2, -0.15) is 0 Å². The molecule has 0 aromatic heterocycles. The molecule has 2 nitrogen and oxygen atoms in total. The second kappa shape index (κ2) is 5.55. The first-order valence-corrected chi connectivity index (χ1v) is 5.14. The lowest BCUT2D eigenvalue weighted by Gasteiger charge is -2.31. The quantitative estimate of drug-likeness (QED) is 0.696. The Kier molecular flexibility index (Phi) is 4.62. The van der Waals surface area contributed by atoms with E-state index in [0.29, 0.717) is 6.10 Å². The van der Waals surface area contributed by atoms with Crippen LogP contribution in [0.2, 0.25) is 0 Å². The van der Waals surface area contributed by atoms with Crippen molar-refractivity contribution in [2.45, 2.75) is 38.7 Å². The van der Waals surface area contributed by atoms with Gasteiger partial charge in [0.1, 0.15) is 0 Å². The predicted octanol–water partition coefficient (Wildman–Crippen LogP) is 1.80. The molecule has 0 heterocycles. The van der Waals surface area contributed by atoms with Crippen molar-refractivity contribution >= 4 is 0 Å². The van der Waals surface area contributed by atoms with Crippen molar-refractivity contribution in [2.75, 3.05) is 20.2 Å². The number of rotatable bonds is 4. The molecule has 0 saturated heterocycles. The molecule has 1 rings (SSSR count). The highest BCUT2D eigenvalue weighted by atomic mass is 16.5. The third-order valence-corrected chi connectivity index (χ3v) is 2.69. The number of hydrogen-bond donors (Lipinski definition) is 1. The van der Waals surface area contributed by atoms with Gasteiger partial charge in [0.2, 0.25) is 0 Å². The monoisotopic (exact) mass is 171 g/mol. The van der Waals surface area contributed by atoms with Crippen molar-refractivity contribution in [1.29, 1.82) is 0 Å². The van der Waals surface area contributed by atoms with E-state index in [-0.39, 0.29) is 0 Å². The summed E-state index contributed by atoms with van der Waals surface area (Å²) in [6, 6.07) is 0. The highest BCUT2D eigenvalue weighted by Crippen LogP contribution is 2.26. The molecule has 0 radical (unpaired) electrons. The van der Waals surface area contributed by atoms with Crippen LogP contribution in [-0.2, 0) is 4.74 Å². The molecule has 1 saturated carbocycles. The van der Waals surface area contributed by atoms with Crippen LogP contribution in [-0.4, -0.2) is 26.3 Å². The molecule has 0 aromatic rings. The Morgan fingerprint density at radius 1 is 1.33 bits per heavy atom. The summed E-state index contributed by atoms with van der Waals surface area (Å²) in [7, 11) is 2.03. The van der Waals surface area contributed by atoms with E-state index in [1.165, 1.54) is 25.7 Å². The van der Waals surface area contributed by atoms with Crippen LogP contribution in [0.3, 0.4) is 0 Å². The third kappa shape index (κ3) is 2.76. The SMILES string of the molecule is CCOC1CCCCC1CNC. The van der Waals surface area contributed by atoms with E-state index in [9.17, 15) is 0 Å². The minimum Gasteiger partial charge on any atom is -0.378 e. The molecule has 1 aliphatic carbocycles. The van der Waals surface area contributed by atoms with Gasteiger partial charge in [-0.3, -0.25) is 0 Å². The van der Waals surface area contributed by atoms with Crippen LogP contribution in [0.4, 0.5) is 0 Å². The Balaban J connectivity index is 2.31. The molecule has 1 aliphatic rings. The lowest BCUT2D eigenvalue weighted by Crippen LogP contribution is -2.34. The predicted molar refractivity (Wildman–Crippen MR) is 51.3 cm³/mol. The minimum atomic E-state index is 0.524. The standard InChI is InChI=1S/C10H21NO/c1-3-12-10-7-5-4-6-9(10)8-11-2/h9-11H,3-8H2,1-2H3. The largest absolute Gasteiger partial charge is 0.378 e. The van der Waals surface area contributed by atoms with Crippen LogP contribution in [0.25, 0.3) is 0 Å². The molecular formula is C10H21NO.